The van der Waals surface area contributed by atoms with Crippen LogP contribution in [0.3, 0.4) is 0 Å². The first kappa shape index (κ1) is 16.7. The van der Waals surface area contributed by atoms with E-state index in [2.05, 4.69) is 42.6 Å². The molecule has 3 heteroatoms. The van der Waals surface area contributed by atoms with Gasteiger partial charge in [0.2, 0.25) is 0 Å². The number of nitriles is 1. The van der Waals surface area contributed by atoms with Crippen molar-refractivity contribution in [3.05, 3.63) is 35.4 Å². The summed E-state index contributed by atoms with van der Waals surface area (Å²) in [6.45, 7) is 12.4. The number of ketones is 1. The maximum atomic E-state index is 12.7. The maximum Gasteiger partial charge on any atom is 0.167 e. The van der Waals surface area contributed by atoms with Crippen LogP contribution in [0.4, 0.5) is 0 Å². The van der Waals surface area contributed by atoms with Gasteiger partial charge < -0.3 is 5.32 Å². The Bertz CT molecular complexity index is 606. The highest BCUT2D eigenvalue weighted by Crippen LogP contribution is 2.77. The quantitative estimate of drug-likeness (QED) is 0.899. The van der Waals surface area contributed by atoms with Gasteiger partial charge in [0.25, 0.3) is 0 Å². The lowest BCUT2D eigenvalue weighted by atomic mass is 9.91. The Kier molecular flexibility index (Phi) is 3.96. The van der Waals surface area contributed by atoms with Crippen LogP contribution in [0.5, 0.6) is 0 Å². The van der Waals surface area contributed by atoms with Crippen LogP contribution >= 0.6 is 0 Å². The number of benzene rings is 1. The van der Waals surface area contributed by atoms with Crippen molar-refractivity contribution >= 4 is 5.78 Å². The molecular formula is C19H26N2O. The lowest BCUT2D eigenvalue weighted by Gasteiger charge is -2.17. The zero-order valence-electron chi connectivity index (χ0n) is 14.4. The predicted molar refractivity (Wildman–Crippen MR) is 88.2 cm³/mol. The van der Waals surface area contributed by atoms with Crippen LogP contribution in [0.1, 0.15) is 51.8 Å². The van der Waals surface area contributed by atoms with Crippen molar-refractivity contribution in [3.8, 4) is 6.07 Å². The third-order valence-electron chi connectivity index (χ3n) is 6.11. The van der Waals surface area contributed by atoms with E-state index in [1.165, 1.54) is 5.56 Å². The molecular weight excluding hydrogens is 272 g/mol. The zero-order chi connectivity index (χ0) is 16.8. The van der Waals surface area contributed by atoms with Gasteiger partial charge in [0.15, 0.2) is 5.78 Å². The molecule has 1 atom stereocenters. The van der Waals surface area contributed by atoms with E-state index in [0.29, 0.717) is 0 Å². The van der Waals surface area contributed by atoms with Crippen LogP contribution in [0.2, 0.25) is 0 Å². The molecule has 1 N–H and O–H groups in total. The molecule has 0 saturated heterocycles. The molecule has 2 rings (SSSR count). The molecule has 3 nitrogen and oxygen atoms in total. The van der Waals surface area contributed by atoms with E-state index in [-0.39, 0.29) is 29.2 Å². The second-order valence-corrected chi connectivity index (χ2v) is 7.55. The fourth-order valence-electron chi connectivity index (χ4n) is 3.70. The van der Waals surface area contributed by atoms with Gasteiger partial charge >= 0.3 is 0 Å². The van der Waals surface area contributed by atoms with Crippen LogP contribution in [0, 0.1) is 34.5 Å². The number of carbonyl (C=O) groups is 1. The van der Waals surface area contributed by atoms with E-state index in [0.717, 1.165) is 5.56 Å². The van der Waals surface area contributed by atoms with E-state index >= 15 is 0 Å². The molecule has 118 valence electrons. The van der Waals surface area contributed by atoms with E-state index in [1.807, 2.05) is 34.6 Å². The Balaban J connectivity index is 2.05. The number of hydrogen-bond donors (Lipinski definition) is 1. The summed E-state index contributed by atoms with van der Waals surface area (Å²) in [6.07, 6.45) is 0. The molecule has 1 aliphatic carbocycles. The molecule has 0 bridgehead atoms. The summed E-state index contributed by atoms with van der Waals surface area (Å²) in [5.74, 6) is 0.00367. The van der Waals surface area contributed by atoms with E-state index in [9.17, 15) is 10.1 Å². The van der Waals surface area contributed by atoms with Gasteiger partial charge in [-0.1, -0.05) is 57.5 Å². The Labute approximate surface area is 133 Å². The van der Waals surface area contributed by atoms with Gasteiger partial charge in [-0.05, 0) is 30.2 Å². The first-order chi connectivity index (χ1) is 10.1. The molecule has 0 spiro atoms. The molecule has 0 aromatic heterocycles. The summed E-state index contributed by atoms with van der Waals surface area (Å²) < 4.78 is 0. The number of nitrogens with zero attached hydrogens (tertiary/aromatic N) is 1. The fraction of sp³-hybridized carbons (Fsp3) is 0.579. The Hall–Kier alpha value is -1.66. The average molecular weight is 298 g/mol. The molecule has 1 unspecified atom stereocenters. The van der Waals surface area contributed by atoms with Gasteiger partial charge in [0.05, 0.1) is 12.6 Å². The second-order valence-electron chi connectivity index (χ2n) is 7.55. The lowest BCUT2D eigenvalue weighted by molar-refractivity contribution is -0.123. The molecule has 0 radical (unpaired) electrons. The smallest absolute Gasteiger partial charge is 0.167 e. The minimum Gasteiger partial charge on any atom is -0.303 e. The zero-order valence-corrected chi connectivity index (χ0v) is 14.4. The number of aryl methyl sites for hydroxylation is 1. The lowest BCUT2D eigenvalue weighted by Crippen LogP contribution is -2.34. The Morgan fingerprint density at radius 2 is 1.68 bits per heavy atom. The van der Waals surface area contributed by atoms with Gasteiger partial charge in [0, 0.05) is 6.04 Å². The van der Waals surface area contributed by atoms with Crippen molar-refractivity contribution in [3.63, 3.8) is 0 Å². The summed E-state index contributed by atoms with van der Waals surface area (Å²) in [6, 6.07) is 10.7. The predicted octanol–water partition coefficient (Wildman–Crippen LogP) is 3.79. The number of nitrogens with one attached hydrogen (secondary N) is 1. The van der Waals surface area contributed by atoms with Crippen LogP contribution < -0.4 is 5.32 Å². The number of rotatable bonds is 5. The fourth-order valence-corrected chi connectivity index (χ4v) is 3.70. The van der Waals surface area contributed by atoms with Gasteiger partial charge in [-0.25, -0.2) is 0 Å². The first-order valence-electron chi connectivity index (χ1n) is 7.86. The van der Waals surface area contributed by atoms with Crippen molar-refractivity contribution in [2.75, 3.05) is 6.54 Å². The van der Waals surface area contributed by atoms with Gasteiger partial charge in [-0.2, -0.15) is 5.26 Å². The maximum absolute atomic E-state index is 12.7. The van der Waals surface area contributed by atoms with E-state index in [4.69, 9.17) is 0 Å². The molecule has 1 aromatic rings. The first-order valence-corrected chi connectivity index (χ1v) is 7.86. The van der Waals surface area contributed by atoms with Crippen molar-refractivity contribution in [1.82, 2.24) is 5.32 Å². The number of hydrogen-bond acceptors (Lipinski definition) is 3. The van der Waals surface area contributed by atoms with Crippen molar-refractivity contribution in [2.24, 2.45) is 16.2 Å². The SMILES string of the molecule is Cc1ccc(C(C)NCC(=O)C2(C#N)C(C)(C)C2(C)C)cc1. The second kappa shape index (κ2) is 5.21. The van der Waals surface area contributed by atoms with Crippen molar-refractivity contribution in [2.45, 2.75) is 47.6 Å². The van der Waals surface area contributed by atoms with Crippen LogP contribution in [-0.4, -0.2) is 12.3 Å². The van der Waals surface area contributed by atoms with Crippen molar-refractivity contribution < 1.29 is 4.79 Å². The minimum atomic E-state index is -0.875. The Morgan fingerprint density at radius 3 is 2.09 bits per heavy atom. The highest BCUT2D eigenvalue weighted by Gasteiger charge is 2.81. The summed E-state index contributed by atoms with van der Waals surface area (Å²) in [5, 5.41) is 12.9. The monoisotopic (exact) mass is 298 g/mol. The summed E-state index contributed by atoms with van der Waals surface area (Å²) in [5.41, 5.74) is 0.942. The summed E-state index contributed by atoms with van der Waals surface area (Å²) in [7, 11) is 0. The van der Waals surface area contributed by atoms with Crippen LogP contribution in [0.25, 0.3) is 0 Å². The van der Waals surface area contributed by atoms with Crippen LogP contribution in [-0.2, 0) is 4.79 Å². The minimum absolute atomic E-state index is 0.00367. The third-order valence-corrected chi connectivity index (χ3v) is 6.11. The molecule has 22 heavy (non-hydrogen) atoms. The molecule has 1 aromatic carbocycles. The molecule has 1 saturated carbocycles. The molecule has 1 aliphatic rings. The van der Waals surface area contributed by atoms with Gasteiger partial charge in [-0.3, -0.25) is 4.79 Å². The van der Waals surface area contributed by atoms with Crippen LogP contribution in [0.15, 0.2) is 24.3 Å². The number of Topliss-reactive ketones (excluding diaryl/α,β-unsaturated/α-hetero) is 1. The molecule has 0 heterocycles. The Morgan fingerprint density at radius 1 is 1.18 bits per heavy atom. The third kappa shape index (κ3) is 2.09. The summed E-state index contributed by atoms with van der Waals surface area (Å²) >= 11 is 0. The van der Waals surface area contributed by atoms with Gasteiger partial charge in [0.1, 0.15) is 5.41 Å². The standard InChI is InChI=1S/C19H26N2O/c1-13-7-9-15(10-8-13)14(2)21-11-16(22)19(12-20)17(3,4)18(19,5)6/h7-10,14,21H,11H2,1-6H3. The van der Waals surface area contributed by atoms with E-state index in [1.54, 1.807) is 0 Å². The highest BCUT2D eigenvalue weighted by atomic mass is 16.1. The normalized spacial score (nSPS) is 21.7. The highest BCUT2D eigenvalue weighted by molar-refractivity contribution is 5.95. The number of carbonyl (C=O) groups excluding carboxylic acids is 1. The van der Waals surface area contributed by atoms with E-state index < -0.39 is 5.41 Å². The molecule has 0 amide bonds. The molecule has 1 fully saturated rings. The van der Waals surface area contributed by atoms with Gasteiger partial charge in [-0.15, -0.1) is 0 Å². The van der Waals surface area contributed by atoms with Crippen molar-refractivity contribution in [1.29, 1.82) is 5.26 Å². The average Bonchev–Trinajstić information content (AvgIpc) is 2.82. The molecule has 0 aliphatic heterocycles. The summed E-state index contributed by atoms with van der Waals surface area (Å²) in [4.78, 5) is 12.7. The topological polar surface area (TPSA) is 52.9 Å². The largest absolute Gasteiger partial charge is 0.303 e.